The molecule has 1 atom stereocenters. The van der Waals surface area contributed by atoms with Crippen LogP contribution in [0.15, 0.2) is 28.0 Å². The number of nitrogens with zero attached hydrogens (tertiary/aromatic N) is 2. The lowest BCUT2D eigenvalue weighted by molar-refractivity contribution is 0.0934. The Labute approximate surface area is 113 Å². The summed E-state index contributed by atoms with van der Waals surface area (Å²) in [5.74, 6) is -0.399. The predicted molar refractivity (Wildman–Crippen MR) is 71.4 cm³/mol. The second kappa shape index (κ2) is 6.34. The van der Waals surface area contributed by atoms with Gasteiger partial charge in [-0.3, -0.25) is 4.79 Å². The maximum Gasteiger partial charge on any atom is 0.270 e. The highest BCUT2D eigenvalue weighted by Crippen LogP contribution is 2.08. The van der Waals surface area contributed by atoms with Crippen LogP contribution in [0.5, 0.6) is 0 Å². The van der Waals surface area contributed by atoms with Crippen molar-refractivity contribution in [3.8, 4) is 0 Å². The van der Waals surface area contributed by atoms with Crippen molar-refractivity contribution in [2.75, 3.05) is 0 Å². The fourth-order valence-corrected chi connectivity index (χ4v) is 1.60. The number of amides is 1. The van der Waals surface area contributed by atoms with Gasteiger partial charge < -0.3 is 16.3 Å². The molecule has 1 heterocycles. The van der Waals surface area contributed by atoms with Gasteiger partial charge in [-0.1, -0.05) is 19.0 Å². The van der Waals surface area contributed by atoms with Gasteiger partial charge in [0.05, 0.1) is 6.04 Å². The molecule has 1 unspecified atom stereocenters. The van der Waals surface area contributed by atoms with E-state index < -0.39 is 6.04 Å². The van der Waals surface area contributed by atoms with Gasteiger partial charge in [-0.25, -0.2) is 4.98 Å². The third-order valence-corrected chi connectivity index (χ3v) is 2.82. The van der Waals surface area contributed by atoms with E-state index in [1.165, 1.54) is 6.20 Å². The van der Waals surface area contributed by atoms with E-state index in [-0.39, 0.29) is 23.4 Å². The molecule has 18 heavy (non-hydrogen) atoms. The first kappa shape index (κ1) is 14.4. The van der Waals surface area contributed by atoms with Crippen molar-refractivity contribution in [1.82, 2.24) is 10.3 Å². The highest BCUT2D eigenvalue weighted by Gasteiger charge is 2.21. The van der Waals surface area contributed by atoms with E-state index in [0.29, 0.717) is 0 Å². The average molecular weight is 315 g/mol. The van der Waals surface area contributed by atoms with Crippen molar-refractivity contribution in [2.24, 2.45) is 16.8 Å². The van der Waals surface area contributed by atoms with Crippen LogP contribution >= 0.6 is 15.9 Å². The zero-order valence-corrected chi connectivity index (χ0v) is 11.7. The van der Waals surface area contributed by atoms with Crippen molar-refractivity contribution < 1.29 is 10.0 Å². The molecule has 1 amide bonds. The average Bonchev–Trinajstić information content (AvgIpc) is 2.35. The summed E-state index contributed by atoms with van der Waals surface area (Å²) in [6.45, 7) is 3.72. The Hall–Kier alpha value is -1.63. The number of amidine groups is 1. The highest BCUT2D eigenvalue weighted by atomic mass is 79.9. The third kappa shape index (κ3) is 3.69. The molecule has 6 nitrogen and oxygen atoms in total. The van der Waals surface area contributed by atoms with Crippen molar-refractivity contribution in [3.05, 3.63) is 28.5 Å². The first-order chi connectivity index (χ1) is 8.45. The molecule has 0 aliphatic heterocycles. The van der Waals surface area contributed by atoms with E-state index in [1.54, 1.807) is 12.1 Å². The van der Waals surface area contributed by atoms with Crippen molar-refractivity contribution >= 4 is 27.7 Å². The summed E-state index contributed by atoms with van der Waals surface area (Å²) < 4.78 is 0.788. The van der Waals surface area contributed by atoms with Crippen LogP contribution in [-0.4, -0.2) is 28.0 Å². The zero-order chi connectivity index (χ0) is 13.7. The van der Waals surface area contributed by atoms with Crippen molar-refractivity contribution in [3.63, 3.8) is 0 Å². The Morgan fingerprint density at radius 2 is 2.22 bits per heavy atom. The SMILES string of the molecule is CC(C)C(NC(=O)c1ccc(Br)cn1)C(N)=NO. The van der Waals surface area contributed by atoms with Crippen molar-refractivity contribution in [2.45, 2.75) is 19.9 Å². The fourth-order valence-electron chi connectivity index (χ4n) is 1.37. The van der Waals surface area contributed by atoms with Crippen LogP contribution in [-0.2, 0) is 0 Å². The number of carbonyl (C=O) groups excluding carboxylic acids is 1. The molecular formula is C11H15BrN4O2. The van der Waals surface area contributed by atoms with Crippen LogP contribution in [0.2, 0.25) is 0 Å². The minimum atomic E-state index is -0.534. The number of oxime groups is 1. The molecule has 1 rings (SSSR count). The first-order valence-corrected chi connectivity index (χ1v) is 6.14. The number of hydrogen-bond acceptors (Lipinski definition) is 4. The van der Waals surface area contributed by atoms with E-state index >= 15 is 0 Å². The minimum Gasteiger partial charge on any atom is -0.409 e. The fraction of sp³-hybridized carbons (Fsp3) is 0.364. The number of rotatable bonds is 4. The Bertz CT molecular complexity index is 445. The molecule has 0 saturated carbocycles. The molecule has 0 fully saturated rings. The van der Waals surface area contributed by atoms with Gasteiger partial charge in [-0.15, -0.1) is 0 Å². The molecule has 4 N–H and O–H groups in total. The number of hydrogen-bond donors (Lipinski definition) is 3. The van der Waals surface area contributed by atoms with Gasteiger partial charge in [0.1, 0.15) is 5.69 Å². The molecule has 0 bridgehead atoms. The van der Waals surface area contributed by atoms with Gasteiger partial charge >= 0.3 is 0 Å². The van der Waals surface area contributed by atoms with Crippen LogP contribution in [0.25, 0.3) is 0 Å². The summed E-state index contributed by atoms with van der Waals surface area (Å²) in [5.41, 5.74) is 5.80. The molecule has 0 aliphatic rings. The number of nitrogens with two attached hydrogens (primary N) is 1. The Balaban J connectivity index is 2.82. The van der Waals surface area contributed by atoms with Crippen LogP contribution < -0.4 is 11.1 Å². The molecule has 0 aromatic carbocycles. The third-order valence-electron chi connectivity index (χ3n) is 2.35. The van der Waals surface area contributed by atoms with E-state index in [4.69, 9.17) is 10.9 Å². The molecule has 0 saturated heterocycles. The van der Waals surface area contributed by atoms with E-state index in [9.17, 15) is 4.79 Å². The molecule has 7 heteroatoms. The molecule has 0 spiro atoms. The lowest BCUT2D eigenvalue weighted by atomic mass is 10.0. The number of halogens is 1. The Morgan fingerprint density at radius 3 is 2.67 bits per heavy atom. The summed E-state index contributed by atoms with van der Waals surface area (Å²) in [6.07, 6.45) is 1.53. The minimum absolute atomic E-state index is 0.000276. The Morgan fingerprint density at radius 1 is 1.56 bits per heavy atom. The van der Waals surface area contributed by atoms with Gasteiger partial charge in [0, 0.05) is 10.7 Å². The lowest BCUT2D eigenvalue weighted by Gasteiger charge is -2.20. The zero-order valence-electron chi connectivity index (χ0n) is 10.1. The summed E-state index contributed by atoms with van der Waals surface area (Å²) >= 11 is 3.24. The maximum absolute atomic E-state index is 11.9. The summed E-state index contributed by atoms with van der Waals surface area (Å²) in [4.78, 5) is 15.9. The van der Waals surface area contributed by atoms with Crippen LogP contribution in [0.3, 0.4) is 0 Å². The maximum atomic E-state index is 11.9. The largest absolute Gasteiger partial charge is 0.409 e. The molecule has 98 valence electrons. The highest BCUT2D eigenvalue weighted by molar-refractivity contribution is 9.10. The van der Waals surface area contributed by atoms with Gasteiger partial charge in [-0.05, 0) is 34.0 Å². The number of aromatic nitrogens is 1. The van der Waals surface area contributed by atoms with E-state index in [1.807, 2.05) is 13.8 Å². The van der Waals surface area contributed by atoms with Crippen LogP contribution in [0.4, 0.5) is 0 Å². The normalized spacial score (nSPS) is 13.4. The van der Waals surface area contributed by atoms with Crippen molar-refractivity contribution in [1.29, 1.82) is 0 Å². The van der Waals surface area contributed by atoms with Gasteiger partial charge in [0.2, 0.25) is 0 Å². The second-order valence-corrected chi connectivity index (χ2v) is 5.00. The van der Waals surface area contributed by atoms with E-state index in [2.05, 4.69) is 31.4 Å². The number of pyridine rings is 1. The second-order valence-electron chi connectivity index (χ2n) is 4.08. The smallest absolute Gasteiger partial charge is 0.270 e. The molecule has 0 radical (unpaired) electrons. The number of nitrogens with one attached hydrogen (secondary N) is 1. The Kier molecular flexibility index (Phi) is 5.08. The van der Waals surface area contributed by atoms with Crippen LogP contribution in [0, 0.1) is 5.92 Å². The first-order valence-electron chi connectivity index (χ1n) is 5.35. The molecular weight excluding hydrogens is 300 g/mol. The molecule has 1 aromatic heterocycles. The predicted octanol–water partition coefficient (Wildman–Crippen LogP) is 1.34. The molecule has 0 aliphatic carbocycles. The summed E-state index contributed by atoms with van der Waals surface area (Å²) in [6, 6.07) is 2.77. The summed E-state index contributed by atoms with van der Waals surface area (Å²) in [5, 5.41) is 14.3. The van der Waals surface area contributed by atoms with E-state index in [0.717, 1.165) is 4.47 Å². The van der Waals surface area contributed by atoms with Gasteiger partial charge in [0.15, 0.2) is 5.84 Å². The monoisotopic (exact) mass is 314 g/mol. The number of carbonyl (C=O) groups is 1. The lowest BCUT2D eigenvalue weighted by Crippen LogP contribution is -2.48. The van der Waals surface area contributed by atoms with Gasteiger partial charge in [0.25, 0.3) is 5.91 Å². The van der Waals surface area contributed by atoms with Gasteiger partial charge in [-0.2, -0.15) is 0 Å². The topological polar surface area (TPSA) is 101 Å². The standard InChI is InChI=1S/C11H15BrN4O2/c1-6(2)9(10(13)16-18)15-11(17)8-4-3-7(12)5-14-8/h3-6,9,18H,1-2H3,(H2,13,16)(H,15,17). The van der Waals surface area contributed by atoms with Crippen LogP contribution in [0.1, 0.15) is 24.3 Å². The quantitative estimate of drug-likeness (QED) is 0.338. The molecule has 1 aromatic rings. The summed E-state index contributed by atoms with van der Waals surface area (Å²) in [7, 11) is 0.